The number of amides is 2. The van der Waals surface area contributed by atoms with Gasteiger partial charge in [0, 0.05) is 5.92 Å². The van der Waals surface area contributed by atoms with Crippen LogP contribution in [0.4, 0.5) is 0 Å². The third kappa shape index (κ3) is 5.83. The highest BCUT2D eigenvalue weighted by molar-refractivity contribution is 5.80. The van der Waals surface area contributed by atoms with Gasteiger partial charge < -0.3 is 21.3 Å². The Bertz CT molecular complexity index is 578. The molecule has 1 fully saturated rings. The van der Waals surface area contributed by atoms with Crippen molar-refractivity contribution in [3.8, 4) is 0 Å². The number of aliphatic hydroxyl groups is 1. The molecule has 0 aromatic heterocycles. The first kappa shape index (κ1) is 19.4. The average Bonchev–Trinajstić information content (AvgIpc) is 2.58. The van der Waals surface area contributed by atoms with E-state index in [-0.39, 0.29) is 12.0 Å². The number of hydrogen-bond donors (Lipinski definition) is 3. The van der Waals surface area contributed by atoms with E-state index >= 15 is 0 Å². The number of carbonyl (C=O) groups excluding carboxylic acids is 2. The lowest BCUT2D eigenvalue weighted by molar-refractivity contribution is -0.145. The van der Waals surface area contributed by atoms with Crippen LogP contribution >= 0.6 is 0 Å². The first-order chi connectivity index (χ1) is 11.9. The number of primary amides is 2. The molecule has 1 aliphatic rings. The molecule has 3 unspecified atom stereocenters. The van der Waals surface area contributed by atoms with E-state index in [0.717, 1.165) is 12.0 Å². The van der Waals surface area contributed by atoms with E-state index in [1.54, 1.807) is 0 Å². The second kappa shape index (κ2) is 8.97. The van der Waals surface area contributed by atoms with Crippen LogP contribution in [0.2, 0.25) is 0 Å². The smallest absolute Gasteiger partial charge is 0.246 e. The molecule has 1 aromatic rings. The highest BCUT2D eigenvalue weighted by atomic mass is 16.5. The lowest BCUT2D eigenvalue weighted by Crippen LogP contribution is -2.45. The van der Waals surface area contributed by atoms with Crippen molar-refractivity contribution in [2.75, 3.05) is 0 Å². The van der Waals surface area contributed by atoms with Crippen molar-refractivity contribution in [1.82, 2.24) is 0 Å². The fourth-order valence-corrected chi connectivity index (χ4v) is 3.63. The Morgan fingerprint density at radius 2 is 1.92 bits per heavy atom. The van der Waals surface area contributed by atoms with Crippen LogP contribution in [-0.2, 0) is 20.7 Å². The zero-order valence-corrected chi connectivity index (χ0v) is 14.6. The summed E-state index contributed by atoms with van der Waals surface area (Å²) in [6.07, 6.45) is 1.11. The van der Waals surface area contributed by atoms with E-state index in [2.05, 4.69) is 0 Å². The molecule has 1 aromatic carbocycles. The number of aryl methyl sites for hydroxylation is 1. The summed E-state index contributed by atoms with van der Waals surface area (Å²) in [5, 5.41) is 10.4. The standard InChI is InChI=1S/C19H28N2O4/c1-12-9-14(10-17(25-12)19(21)24)16(18(20)23)11-15(22)8-7-13-5-3-2-4-6-13/h2-6,12,14-17,22H,7-11H2,1H3,(H2,20,23)(H2,21,24)/t12?,14?,15-,16-,17?/m0/s1. The van der Waals surface area contributed by atoms with Crippen LogP contribution in [0.5, 0.6) is 0 Å². The lowest BCUT2D eigenvalue weighted by Gasteiger charge is -2.36. The normalized spacial score (nSPS) is 25.9. The maximum atomic E-state index is 11.9. The lowest BCUT2D eigenvalue weighted by atomic mass is 9.78. The van der Waals surface area contributed by atoms with Gasteiger partial charge in [-0.2, -0.15) is 0 Å². The van der Waals surface area contributed by atoms with Gasteiger partial charge in [-0.15, -0.1) is 0 Å². The maximum absolute atomic E-state index is 11.9. The van der Waals surface area contributed by atoms with Crippen LogP contribution in [0.3, 0.4) is 0 Å². The second-order valence-corrected chi connectivity index (χ2v) is 6.99. The number of ether oxygens (including phenoxy) is 1. The molecule has 25 heavy (non-hydrogen) atoms. The van der Waals surface area contributed by atoms with Gasteiger partial charge in [0.05, 0.1) is 12.2 Å². The van der Waals surface area contributed by atoms with E-state index in [1.165, 1.54) is 0 Å². The first-order valence-electron chi connectivity index (χ1n) is 8.83. The first-order valence-corrected chi connectivity index (χ1v) is 8.83. The van der Waals surface area contributed by atoms with E-state index in [4.69, 9.17) is 16.2 Å². The monoisotopic (exact) mass is 348 g/mol. The van der Waals surface area contributed by atoms with Gasteiger partial charge in [-0.3, -0.25) is 9.59 Å². The number of hydrogen-bond acceptors (Lipinski definition) is 4. The molecule has 1 aliphatic heterocycles. The molecule has 2 rings (SSSR count). The fourth-order valence-electron chi connectivity index (χ4n) is 3.63. The Labute approximate surface area is 148 Å². The molecule has 6 heteroatoms. The molecule has 1 heterocycles. The minimum absolute atomic E-state index is 0.106. The summed E-state index contributed by atoms with van der Waals surface area (Å²) >= 11 is 0. The zero-order valence-electron chi connectivity index (χ0n) is 14.6. The average molecular weight is 348 g/mol. The van der Waals surface area contributed by atoms with Crippen LogP contribution in [0.25, 0.3) is 0 Å². The van der Waals surface area contributed by atoms with Crippen LogP contribution < -0.4 is 11.5 Å². The van der Waals surface area contributed by atoms with Gasteiger partial charge in [0.15, 0.2) is 0 Å². The van der Waals surface area contributed by atoms with Crippen LogP contribution in [0.1, 0.15) is 38.2 Å². The van der Waals surface area contributed by atoms with Crippen molar-refractivity contribution in [3.05, 3.63) is 35.9 Å². The van der Waals surface area contributed by atoms with Crippen molar-refractivity contribution >= 4 is 11.8 Å². The van der Waals surface area contributed by atoms with Gasteiger partial charge in [-0.25, -0.2) is 0 Å². The van der Waals surface area contributed by atoms with Crippen molar-refractivity contribution in [3.63, 3.8) is 0 Å². The SMILES string of the molecule is CC1CC([C@H](C[C@@H](O)CCc2ccccc2)C(N)=O)CC(C(N)=O)O1. The maximum Gasteiger partial charge on any atom is 0.246 e. The molecule has 5 atom stereocenters. The summed E-state index contributed by atoms with van der Waals surface area (Å²) in [6.45, 7) is 1.85. The summed E-state index contributed by atoms with van der Waals surface area (Å²) in [5.74, 6) is -1.56. The van der Waals surface area contributed by atoms with Crippen LogP contribution in [0, 0.1) is 11.8 Å². The van der Waals surface area contributed by atoms with Crippen molar-refractivity contribution in [2.45, 2.75) is 57.3 Å². The minimum atomic E-state index is -0.697. The third-order valence-electron chi connectivity index (χ3n) is 4.93. The molecule has 0 aliphatic carbocycles. The topological polar surface area (TPSA) is 116 Å². The highest BCUT2D eigenvalue weighted by Crippen LogP contribution is 2.33. The van der Waals surface area contributed by atoms with Gasteiger partial charge >= 0.3 is 0 Å². The van der Waals surface area contributed by atoms with Crippen molar-refractivity contribution in [2.24, 2.45) is 23.3 Å². The summed E-state index contributed by atoms with van der Waals surface area (Å²) in [7, 11) is 0. The van der Waals surface area contributed by atoms with Crippen molar-refractivity contribution in [1.29, 1.82) is 0 Å². The minimum Gasteiger partial charge on any atom is -0.393 e. The molecule has 0 bridgehead atoms. The predicted octanol–water partition coefficient (Wildman–Crippen LogP) is 1.14. The van der Waals surface area contributed by atoms with Crippen LogP contribution in [0.15, 0.2) is 30.3 Å². The third-order valence-corrected chi connectivity index (χ3v) is 4.93. The van der Waals surface area contributed by atoms with E-state index in [0.29, 0.717) is 25.7 Å². The zero-order chi connectivity index (χ0) is 18.4. The van der Waals surface area contributed by atoms with Crippen LogP contribution in [-0.4, -0.2) is 35.2 Å². The van der Waals surface area contributed by atoms with Gasteiger partial charge in [0.1, 0.15) is 6.10 Å². The molecule has 0 spiro atoms. The summed E-state index contributed by atoms with van der Waals surface area (Å²) in [5.41, 5.74) is 12.1. The molecule has 138 valence electrons. The van der Waals surface area contributed by atoms with Gasteiger partial charge in [0.25, 0.3) is 0 Å². The predicted molar refractivity (Wildman–Crippen MR) is 94.3 cm³/mol. The number of nitrogens with two attached hydrogens (primary N) is 2. The number of carbonyl (C=O) groups is 2. The molecule has 0 saturated carbocycles. The van der Waals surface area contributed by atoms with Gasteiger partial charge in [-0.1, -0.05) is 30.3 Å². The Morgan fingerprint density at radius 3 is 2.52 bits per heavy atom. The summed E-state index contributed by atoms with van der Waals surface area (Å²) < 4.78 is 5.53. The summed E-state index contributed by atoms with van der Waals surface area (Å²) in [6, 6.07) is 9.89. The molecular formula is C19H28N2O4. The molecule has 6 nitrogen and oxygen atoms in total. The number of benzene rings is 1. The molecule has 5 N–H and O–H groups in total. The number of aliphatic hydroxyl groups excluding tert-OH is 1. The molecule has 1 saturated heterocycles. The van der Waals surface area contributed by atoms with Crippen molar-refractivity contribution < 1.29 is 19.4 Å². The highest BCUT2D eigenvalue weighted by Gasteiger charge is 2.37. The van der Waals surface area contributed by atoms with Gasteiger partial charge in [-0.05, 0) is 50.5 Å². The van der Waals surface area contributed by atoms with E-state index in [9.17, 15) is 14.7 Å². The largest absolute Gasteiger partial charge is 0.393 e. The Kier molecular flexibility index (Phi) is 6.96. The number of rotatable bonds is 8. The molecule has 2 amide bonds. The fraction of sp³-hybridized carbons (Fsp3) is 0.579. The quantitative estimate of drug-likeness (QED) is 0.653. The van der Waals surface area contributed by atoms with Gasteiger partial charge in [0.2, 0.25) is 11.8 Å². The second-order valence-electron chi connectivity index (χ2n) is 6.99. The molecular weight excluding hydrogens is 320 g/mol. The molecule has 0 radical (unpaired) electrons. The van der Waals surface area contributed by atoms with E-state index in [1.807, 2.05) is 37.3 Å². The van der Waals surface area contributed by atoms with E-state index < -0.39 is 29.9 Å². The Morgan fingerprint density at radius 1 is 1.24 bits per heavy atom. The Balaban J connectivity index is 1.95. The Hall–Kier alpha value is -1.92. The summed E-state index contributed by atoms with van der Waals surface area (Å²) in [4.78, 5) is 23.4.